The van der Waals surface area contributed by atoms with Crippen molar-refractivity contribution in [3.05, 3.63) is 24.3 Å². The number of amides is 1. The summed E-state index contributed by atoms with van der Waals surface area (Å²) in [4.78, 5) is 18.6. The SMILES string of the molecule is CCN(CC)C(=O)C(C)Sc1nc2ccccc2s1. The number of fused-ring (bicyclic) bond motifs is 1. The van der Waals surface area contributed by atoms with Crippen LogP contribution in [0.15, 0.2) is 28.6 Å². The van der Waals surface area contributed by atoms with E-state index in [1.54, 1.807) is 23.1 Å². The third-order valence-electron chi connectivity index (χ3n) is 2.97. The molecule has 1 amide bonds. The van der Waals surface area contributed by atoms with Crippen molar-refractivity contribution in [2.75, 3.05) is 13.1 Å². The fraction of sp³-hybridized carbons (Fsp3) is 0.429. The van der Waals surface area contributed by atoms with Gasteiger partial charge < -0.3 is 4.90 Å². The van der Waals surface area contributed by atoms with Crippen LogP contribution in [0.3, 0.4) is 0 Å². The third-order valence-corrected chi connectivity index (χ3v) is 5.19. The van der Waals surface area contributed by atoms with Crippen LogP contribution in [-0.2, 0) is 4.79 Å². The summed E-state index contributed by atoms with van der Waals surface area (Å²) in [6.07, 6.45) is 0. The number of hydrogen-bond donors (Lipinski definition) is 0. The highest BCUT2D eigenvalue weighted by Gasteiger charge is 2.20. The maximum atomic E-state index is 12.2. The largest absolute Gasteiger partial charge is 0.342 e. The summed E-state index contributed by atoms with van der Waals surface area (Å²) in [7, 11) is 0. The van der Waals surface area contributed by atoms with E-state index >= 15 is 0 Å². The van der Waals surface area contributed by atoms with Crippen LogP contribution in [0.1, 0.15) is 20.8 Å². The summed E-state index contributed by atoms with van der Waals surface area (Å²) in [5.41, 5.74) is 1.01. The zero-order chi connectivity index (χ0) is 13.8. The van der Waals surface area contributed by atoms with Crippen LogP contribution in [-0.4, -0.2) is 34.1 Å². The molecule has 1 aromatic carbocycles. The summed E-state index contributed by atoms with van der Waals surface area (Å²) in [6.45, 7) is 7.50. The van der Waals surface area contributed by atoms with Gasteiger partial charge in [0, 0.05) is 13.1 Å². The van der Waals surface area contributed by atoms with Gasteiger partial charge in [-0.1, -0.05) is 23.9 Å². The summed E-state index contributed by atoms with van der Waals surface area (Å²) >= 11 is 3.20. The lowest BCUT2D eigenvalue weighted by Crippen LogP contribution is -2.36. The first-order valence-corrected chi connectivity index (χ1v) is 8.16. The molecule has 1 atom stereocenters. The highest BCUT2D eigenvalue weighted by atomic mass is 32.2. The Morgan fingerprint density at radius 3 is 2.68 bits per heavy atom. The van der Waals surface area contributed by atoms with Gasteiger partial charge in [-0.15, -0.1) is 11.3 Å². The molecule has 0 saturated carbocycles. The van der Waals surface area contributed by atoms with Crippen LogP contribution in [0, 0.1) is 0 Å². The van der Waals surface area contributed by atoms with E-state index in [9.17, 15) is 4.79 Å². The third kappa shape index (κ3) is 3.28. The Morgan fingerprint density at radius 1 is 1.37 bits per heavy atom. The second-order valence-electron chi connectivity index (χ2n) is 4.22. The van der Waals surface area contributed by atoms with E-state index in [1.165, 1.54) is 4.70 Å². The molecule has 0 spiro atoms. The van der Waals surface area contributed by atoms with E-state index in [0.717, 1.165) is 22.9 Å². The van der Waals surface area contributed by atoms with E-state index in [4.69, 9.17) is 0 Å². The Hall–Kier alpha value is -1.07. The Bertz CT molecular complexity index is 530. The molecule has 2 aromatic rings. The van der Waals surface area contributed by atoms with E-state index in [1.807, 2.05) is 43.9 Å². The highest BCUT2D eigenvalue weighted by Crippen LogP contribution is 2.32. The summed E-state index contributed by atoms with van der Waals surface area (Å²) in [5, 5.41) is -0.0829. The molecule has 0 N–H and O–H groups in total. The number of thioether (sulfide) groups is 1. The van der Waals surface area contributed by atoms with Gasteiger partial charge in [-0.05, 0) is 32.9 Å². The predicted octanol–water partition coefficient (Wildman–Crippen LogP) is 3.65. The molecule has 1 unspecified atom stereocenters. The monoisotopic (exact) mass is 294 g/mol. The van der Waals surface area contributed by atoms with Crippen LogP contribution in [0.5, 0.6) is 0 Å². The number of nitrogens with zero attached hydrogens (tertiary/aromatic N) is 2. The lowest BCUT2D eigenvalue weighted by molar-refractivity contribution is -0.129. The van der Waals surface area contributed by atoms with Crippen molar-refractivity contribution in [2.45, 2.75) is 30.4 Å². The number of aromatic nitrogens is 1. The zero-order valence-electron chi connectivity index (χ0n) is 11.4. The van der Waals surface area contributed by atoms with Crippen molar-refractivity contribution in [1.82, 2.24) is 9.88 Å². The van der Waals surface area contributed by atoms with Crippen LogP contribution in [0.25, 0.3) is 10.2 Å². The fourth-order valence-corrected chi connectivity index (χ4v) is 4.19. The lowest BCUT2D eigenvalue weighted by atomic mass is 10.3. The first-order valence-electron chi connectivity index (χ1n) is 6.46. The van der Waals surface area contributed by atoms with Gasteiger partial charge in [-0.2, -0.15) is 0 Å². The molecule has 1 heterocycles. The Balaban J connectivity index is 2.09. The lowest BCUT2D eigenvalue weighted by Gasteiger charge is -2.21. The highest BCUT2D eigenvalue weighted by molar-refractivity contribution is 8.02. The van der Waals surface area contributed by atoms with Gasteiger partial charge in [0.1, 0.15) is 0 Å². The molecular weight excluding hydrogens is 276 g/mol. The molecule has 102 valence electrons. The number of carbonyl (C=O) groups excluding carboxylic acids is 1. The molecule has 3 nitrogen and oxygen atoms in total. The van der Waals surface area contributed by atoms with Crippen LogP contribution in [0.2, 0.25) is 0 Å². The second-order valence-corrected chi connectivity index (χ2v) is 6.84. The maximum absolute atomic E-state index is 12.2. The molecular formula is C14H18N2OS2. The summed E-state index contributed by atoms with van der Waals surface area (Å²) < 4.78 is 2.14. The smallest absolute Gasteiger partial charge is 0.235 e. The molecule has 2 rings (SSSR count). The Morgan fingerprint density at radius 2 is 2.05 bits per heavy atom. The minimum absolute atomic E-state index is 0.0829. The molecule has 0 aliphatic rings. The average molecular weight is 294 g/mol. The number of benzene rings is 1. The van der Waals surface area contributed by atoms with E-state index in [-0.39, 0.29) is 11.2 Å². The van der Waals surface area contributed by atoms with Gasteiger partial charge >= 0.3 is 0 Å². The van der Waals surface area contributed by atoms with E-state index in [2.05, 4.69) is 11.1 Å². The normalized spacial score (nSPS) is 12.6. The molecule has 1 aromatic heterocycles. The first kappa shape index (κ1) is 14.3. The first-order chi connectivity index (χ1) is 9.15. The molecule has 0 saturated heterocycles. The van der Waals surface area contributed by atoms with Crippen molar-refractivity contribution in [2.24, 2.45) is 0 Å². The molecule has 0 radical (unpaired) electrons. The number of para-hydroxylation sites is 1. The zero-order valence-corrected chi connectivity index (χ0v) is 13.1. The van der Waals surface area contributed by atoms with Crippen molar-refractivity contribution in [1.29, 1.82) is 0 Å². The van der Waals surface area contributed by atoms with Gasteiger partial charge in [0.2, 0.25) is 5.91 Å². The number of carbonyl (C=O) groups is 1. The van der Waals surface area contributed by atoms with Gasteiger partial charge in [-0.3, -0.25) is 4.79 Å². The quantitative estimate of drug-likeness (QED) is 0.789. The van der Waals surface area contributed by atoms with Gasteiger partial charge in [0.25, 0.3) is 0 Å². The van der Waals surface area contributed by atoms with Crippen LogP contribution < -0.4 is 0 Å². The Labute approximate surface area is 122 Å². The fourth-order valence-electron chi connectivity index (χ4n) is 1.90. The van der Waals surface area contributed by atoms with Gasteiger partial charge in [0.05, 0.1) is 15.5 Å². The number of hydrogen-bond acceptors (Lipinski definition) is 4. The van der Waals surface area contributed by atoms with E-state index in [0.29, 0.717) is 0 Å². The Kier molecular flexibility index (Phi) is 4.82. The minimum Gasteiger partial charge on any atom is -0.342 e. The van der Waals surface area contributed by atoms with Crippen molar-refractivity contribution < 1.29 is 4.79 Å². The van der Waals surface area contributed by atoms with Gasteiger partial charge in [0.15, 0.2) is 4.34 Å². The van der Waals surface area contributed by atoms with Crippen molar-refractivity contribution in [3.8, 4) is 0 Å². The molecule has 5 heteroatoms. The average Bonchev–Trinajstić information content (AvgIpc) is 2.82. The standard InChI is InChI=1S/C14H18N2OS2/c1-4-16(5-2)13(17)10(3)18-14-15-11-8-6-7-9-12(11)19-14/h6-10H,4-5H2,1-3H3. The predicted molar refractivity (Wildman–Crippen MR) is 82.9 cm³/mol. The minimum atomic E-state index is -0.0829. The second kappa shape index (κ2) is 6.39. The molecule has 0 bridgehead atoms. The van der Waals surface area contributed by atoms with Crippen molar-refractivity contribution >= 4 is 39.2 Å². The van der Waals surface area contributed by atoms with Crippen molar-refractivity contribution in [3.63, 3.8) is 0 Å². The molecule has 19 heavy (non-hydrogen) atoms. The topological polar surface area (TPSA) is 33.2 Å². The van der Waals surface area contributed by atoms with Gasteiger partial charge in [-0.25, -0.2) is 4.98 Å². The number of thiazole rings is 1. The molecule has 0 aliphatic heterocycles. The van der Waals surface area contributed by atoms with E-state index < -0.39 is 0 Å². The van der Waals surface area contributed by atoms with Crippen LogP contribution in [0.4, 0.5) is 0 Å². The number of rotatable bonds is 5. The summed E-state index contributed by atoms with van der Waals surface area (Å²) in [6, 6.07) is 8.07. The summed E-state index contributed by atoms with van der Waals surface area (Å²) in [5.74, 6) is 0.189. The molecule has 0 aliphatic carbocycles. The molecule has 0 fully saturated rings. The van der Waals surface area contributed by atoms with Crippen LogP contribution >= 0.6 is 23.1 Å². The maximum Gasteiger partial charge on any atom is 0.235 e.